The summed E-state index contributed by atoms with van der Waals surface area (Å²) in [5, 5.41) is 4.28. The maximum atomic E-state index is 12.9. The molecule has 0 aliphatic carbocycles. The number of esters is 1. The number of ether oxygens (including phenoxy) is 1. The summed E-state index contributed by atoms with van der Waals surface area (Å²) in [6, 6.07) is 3.03. The van der Waals surface area contributed by atoms with E-state index < -0.39 is 31.7 Å². The maximum Gasteiger partial charge on any atom is 0.341 e. The summed E-state index contributed by atoms with van der Waals surface area (Å²) in [5.41, 5.74) is 0.669. The highest BCUT2D eigenvalue weighted by atomic mass is 32.2. The highest BCUT2D eigenvalue weighted by molar-refractivity contribution is 8.00. The molecule has 1 N–H and O–H groups in total. The molecule has 3 rings (SSSR count). The third-order valence-electron chi connectivity index (χ3n) is 4.32. The summed E-state index contributed by atoms with van der Waals surface area (Å²) < 4.78 is 10.7. The number of carbonyl (C=O) groups is 4. The number of carbonyl (C=O) groups excluding carboxylic acids is 4. The Hall–Kier alpha value is -2.11. The minimum Gasteiger partial charge on any atom is -0.515 e. The Bertz CT molecular complexity index is 893. The van der Waals surface area contributed by atoms with Crippen LogP contribution in [0.15, 0.2) is 28.8 Å². The van der Waals surface area contributed by atoms with E-state index in [9.17, 15) is 19.2 Å². The van der Waals surface area contributed by atoms with E-state index in [-0.39, 0.29) is 30.5 Å². The van der Waals surface area contributed by atoms with Crippen LogP contribution in [0.2, 0.25) is 19.6 Å². The van der Waals surface area contributed by atoms with Gasteiger partial charge in [0.25, 0.3) is 5.91 Å². The molecule has 0 radical (unpaired) electrons. The first-order valence-electron chi connectivity index (χ1n) is 9.42. The van der Waals surface area contributed by atoms with Gasteiger partial charge in [-0.05, 0) is 31.1 Å². The first kappa shape index (κ1) is 22.6. The van der Waals surface area contributed by atoms with Crippen LogP contribution in [0.3, 0.4) is 0 Å². The summed E-state index contributed by atoms with van der Waals surface area (Å²) in [5.74, 6) is -1.26. The van der Waals surface area contributed by atoms with E-state index in [4.69, 9.17) is 9.16 Å². The standard InChI is InChI=1S/C19H24N2O6S2Si/c1-11(22)26-9-12-10-29-18-15(20-14(23)8-13-6-5-7-28-13)17(24)21(18)16(12)19(25)27-30(2,3)4/h5-7,15,18H,8-10H2,1-4H3,(H,20,23)/t15-,18+/m1/s1. The molecule has 0 bridgehead atoms. The van der Waals surface area contributed by atoms with Crippen molar-refractivity contribution in [1.82, 2.24) is 10.2 Å². The number of β-lactam (4-membered cyclic amide) rings is 1. The number of fused-ring (bicyclic) bond motifs is 1. The molecule has 3 heterocycles. The molecular weight excluding hydrogens is 444 g/mol. The van der Waals surface area contributed by atoms with Crippen LogP contribution in [0.4, 0.5) is 0 Å². The van der Waals surface area contributed by atoms with Crippen LogP contribution in [-0.2, 0) is 34.8 Å². The summed E-state index contributed by atoms with van der Waals surface area (Å²) in [4.78, 5) is 51.6. The molecule has 2 aliphatic rings. The van der Waals surface area contributed by atoms with E-state index in [0.29, 0.717) is 11.3 Å². The largest absolute Gasteiger partial charge is 0.515 e. The van der Waals surface area contributed by atoms with Crippen molar-refractivity contribution in [2.24, 2.45) is 0 Å². The molecule has 2 aliphatic heterocycles. The second kappa shape index (κ2) is 8.94. The van der Waals surface area contributed by atoms with E-state index in [1.807, 2.05) is 37.2 Å². The number of hydrogen-bond acceptors (Lipinski definition) is 8. The highest BCUT2D eigenvalue weighted by Gasteiger charge is 2.54. The molecule has 11 heteroatoms. The summed E-state index contributed by atoms with van der Waals surface area (Å²) >= 11 is 2.90. The summed E-state index contributed by atoms with van der Waals surface area (Å²) in [6.07, 6.45) is 0.205. The SMILES string of the molecule is CC(=O)OCC1=C(C(=O)O[Si](C)(C)C)N2C(=O)[C@@H](NC(=O)Cc3cccs3)[C@@H]2SC1. The summed E-state index contributed by atoms with van der Waals surface area (Å²) in [6.45, 7) is 6.82. The lowest BCUT2D eigenvalue weighted by Gasteiger charge is -2.50. The monoisotopic (exact) mass is 468 g/mol. The van der Waals surface area contributed by atoms with Gasteiger partial charge in [0.15, 0.2) is 0 Å². The first-order valence-corrected chi connectivity index (χ1v) is 14.8. The lowest BCUT2D eigenvalue weighted by Crippen LogP contribution is -2.71. The number of nitrogens with one attached hydrogen (secondary N) is 1. The van der Waals surface area contributed by atoms with Gasteiger partial charge in [-0.2, -0.15) is 0 Å². The van der Waals surface area contributed by atoms with E-state index in [1.54, 1.807) is 0 Å². The van der Waals surface area contributed by atoms with Gasteiger partial charge in [0.1, 0.15) is 23.7 Å². The van der Waals surface area contributed by atoms with Gasteiger partial charge in [-0.15, -0.1) is 23.1 Å². The van der Waals surface area contributed by atoms with Gasteiger partial charge in [-0.25, -0.2) is 4.79 Å². The van der Waals surface area contributed by atoms with Gasteiger partial charge in [0.05, 0.1) is 6.42 Å². The fourth-order valence-corrected chi connectivity index (χ4v) is 5.78. The van der Waals surface area contributed by atoms with Crippen LogP contribution < -0.4 is 5.32 Å². The second-order valence-electron chi connectivity index (χ2n) is 7.95. The quantitative estimate of drug-likeness (QED) is 0.370. The molecule has 0 unspecified atom stereocenters. The molecule has 0 saturated carbocycles. The van der Waals surface area contributed by atoms with Crippen molar-refractivity contribution in [2.75, 3.05) is 12.4 Å². The average Bonchev–Trinajstić information content (AvgIpc) is 3.14. The third-order valence-corrected chi connectivity index (χ3v) is 7.33. The molecule has 0 aromatic carbocycles. The molecule has 2 atom stereocenters. The van der Waals surface area contributed by atoms with Crippen molar-refractivity contribution in [3.05, 3.63) is 33.7 Å². The lowest BCUT2D eigenvalue weighted by atomic mass is 10.0. The van der Waals surface area contributed by atoms with Gasteiger partial charge < -0.3 is 14.5 Å². The van der Waals surface area contributed by atoms with Crippen LogP contribution in [-0.4, -0.2) is 60.7 Å². The van der Waals surface area contributed by atoms with E-state index in [1.165, 1.54) is 34.9 Å². The molecule has 1 aromatic rings. The van der Waals surface area contributed by atoms with Gasteiger partial charge in [-0.3, -0.25) is 19.3 Å². The molecule has 8 nitrogen and oxygen atoms in total. The topological polar surface area (TPSA) is 102 Å². The minimum absolute atomic E-state index is 0.0790. The van der Waals surface area contributed by atoms with Crippen LogP contribution in [0.25, 0.3) is 0 Å². The zero-order valence-electron chi connectivity index (χ0n) is 17.2. The van der Waals surface area contributed by atoms with Gasteiger partial charge >= 0.3 is 11.9 Å². The molecule has 162 valence electrons. The number of amides is 2. The molecule has 0 spiro atoms. The van der Waals surface area contributed by atoms with Gasteiger partial charge in [0, 0.05) is 23.1 Å². The average molecular weight is 469 g/mol. The van der Waals surface area contributed by atoms with Gasteiger partial charge in [-0.1, -0.05) is 6.07 Å². The minimum atomic E-state index is -2.21. The predicted molar refractivity (Wildman–Crippen MR) is 116 cm³/mol. The highest BCUT2D eigenvalue weighted by Crippen LogP contribution is 2.41. The number of thiophene rings is 1. The molecule has 1 saturated heterocycles. The second-order valence-corrected chi connectivity index (χ2v) is 14.5. The van der Waals surface area contributed by atoms with Crippen molar-refractivity contribution in [2.45, 2.75) is 44.4 Å². The van der Waals surface area contributed by atoms with Crippen LogP contribution in [0.5, 0.6) is 0 Å². The van der Waals surface area contributed by atoms with Crippen LogP contribution >= 0.6 is 23.1 Å². The Morgan fingerprint density at radius 2 is 2.03 bits per heavy atom. The number of thioether (sulfide) groups is 1. The number of rotatable bonds is 7. The van der Waals surface area contributed by atoms with Crippen LogP contribution in [0.1, 0.15) is 11.8 Å². The van der Waals surface area contributed by atoms with E-state index >= 15 is 0 Å². The van der Waals surface area contributed by atoms with E-state index in [0.717, 1.165) is 4.88 Å². The Morgan fingerprint density at radius 3 is 2.63 bits per heavy atom. The number of hydrogen-bond donors (Lipinski definition) is 1. The first-order chi connectivity index (χ1) is 14.1. The zero-order chi connectivity index (χ0) is 22.1. The Morgan fingerprint density at radius 1 is 1.30 bits per heavy atom. The Kier molecular flexibility index (Phi) is 6.73. The van der Waals surface area contributed by atoms with Crippen molar-refractivity contribution in [1.29, 1.82) is 0 Å². The van der Waals surface area contributed by atoms with Crippen molar-refractivity contribution in [3.8, 4) is 0 Å². The summed E-state index contributed by atoms with van der Waals surface area (Å²) in [7, 11) is -2.21. The van der Waals surface area contributed by atoms with Gasteiger partial charge in [0.2, 0.25) is 14.2 Å². The fourth-order valence-electron chi connectivity index (χ4n) is 3.09. The normalized spacial score (nSPS) is 20.9. The molecule has 2 amide bonds. The smallest absolute Gasteiger partial charge is 0.341 e. The predicted octanol–water partition coefficient (Wildman–Crippen LogP) is 1.89. The Labute approximate surface area is 184 Å². The maximum absolute atomic E-state index is 12.9. The zero-order valence-corrected chi connectivity index (χ0v) is 19.9. The molecule has 1 fully saturated rings. The fraction of sp³-hybridized carbons (Fsp3) is 0.474. The number of nitrogens with zero attached hydrogens (tertiary/aromatic N) is 1. The van der Waals surface area contributed by atoms with Crippen molar-refractivity contribution >= 4 is 55.2 Å². The molecule has 1 aromatic heterocycles. The Balaban J connectivity index is 1.76. The van der Waals surface area contributed by atoms with Crippen LogP contribution in [0, 0.1) is 0 Å². The molecule has 30 heavy (non-hydrogen) atoms. The van der Waals surface area contributed by atoms with Crippen molar-refractivity contribution < 1.29 is 28.3 Å². The van der Waals surface area contributed by atoms with E-state index in [2.05, 4.69) is 5.32 Å². The van der Waals surface area contributed by atoms with Crippen molar-refractivity contribution in [3.63, 3.8) is 0 Å². The lowest BCUT2D eigenvalue weighted by molar-refractivity contribution is -0.150. The third kappa shape index (κ3) is 5.13. The molecular formula is C19H24N2O6S2Si.